The number of nitrogens with zero attached hydrogens (tertiary/aromatic N) is 2. The smallest absolute Gasteiger partial charge is 0.410 e. The molecule has 3 rings (SSSR count). The fourth-order valence-corrected chi connectivity index (χ4v) is 3.94. The van der Waals surface area contributed by atoms with Gasteiger partial charge in [0.1, 0.15) is 16.4 Å². The number of carbonyl (C=O) groups is 1. The van der Waals surface area contributed by atoms with E-state index in [1.54, 1.807) is 12.1 Å². The van der Waals surface area contributed by atoms with Crippen molar-refractivity contribution in [2.45, 2.75) is 24.8 Å². The Morgan fingerprint density at radius 3 is 2.52 bits per heavy atom. The molecule has 0 radical (unpaired) electrons. The molecule has 8 nitrogen and oxygen atoms in total. The van der Waals surface area contributed by atoms with E-state index in [4.69, 9.17) is 22.1 Å². The number of nitrogens with two attached hydrogens (primary N) is 1. The largest absolute Gasteiger partial charge is 0.421 e. The van der Waals surface area contributed by atoms with Gasteiger partial charge in [0.2, 0.25) is 10.0 Å². The van der Waals surface area contributed by atoms with Crippen LogP contribution in [-0.2, 0) is 10.0 Å². The van der Waals surface area contributed by atoms with Gasteiger partial charge in [-0.2, -0.15) is 0 Å². The van der Waals surface area contributed by atoms with Gasteiger partial charge in [0.25, 0.3) is 0 Å². The number of aromatic nitrogens is 2. The number of anilines is 1. The van der Waals surface area contributed by atoms with Gasteiger partial charge in [-0.05, 0) is 62.5 Å². The molecule has 0 aliphatic rings. The third kappa shape index (κ3) is 4.33. The topological polar surface area (TPSA) is 118 Å². The Balaban J connectivity index is 1.87. The van der Waals surface area contributed by atoms with Crippen LogP contribution in [0.3, 0.4) is 0 Å². The van der Waals surface area contributed by atoms with Crippen LogP contribution in [0.25, 0.3) is 10.3 Å². The highest BCUT2D eigenvalue weighted by Crippen LogP contribution is 2.24. The molecule has 0 aliphatic carbocycles. The van der Waals surface area contributed by atoms with Gasteiger partial charge in [-0.15, -0.1) is 0 Å². The van der Waals surface area contributed by atoms with E-state index in [-0.39, 0.29) is 16.7 Å². The normalized spacial score (nSPS) is 11.7. The molecule has 0 saturated heterocycles. The molecule has 0 unspecified atom stereocenters. The molecule has 0 bridgehead atoms. The van der Waals surface area contributed by atoms with E-state index in [2.05, 4.69) is 9.97 Å². The van der Waals surface area contributed by atoms with E-state index in [1.165, 1.54) is 40.5 Å². The third-order valence-corrected chi connectivity index (χ3v) is 5.66. The highest BCUT2D eigenvalue weighted by molar-refractivity contribution is 7.89. The molecule has 0 saturated carbocycles. The second-order valence-electron chi connectivity index (χ2n) is 5.88. The summed E-state index contributed by atoms with van der Waals surface area (Å²) in [6.45, 7) is 3.66. The molecule has 3 N–H and O–H groups in total. The molecule has 0 fully saturated rings. The zero-order chi connectivity index (χ0) is 19.8. The van der Waals surface area contributed by atoms with Crippen molar-refractivity contribution in [1.29, 1.82) is 0 Å². The average molecular weight is 425 g/mol. The molecule has 142 valence electrons. The number of ether oxygens (including phenoxy) is 1. The molecule has 2 heterocycles. The maximum Gasteiger partial charge on any atom is 0.421 e. The summed E-state index contributed by atoms with van der Waals surface area (Å²) in [5.74, 6) is 0.616. The van der Waals surface area contributed by atoms with Crippen molar-refractivity contribution in [1.82, 2.24) is 9.97 Å². The fourth-order valence-electron chi connectivity index (χ4n) is 2.38. The quantitative estimate of drug-likeness (QED) is 0.620. The predicted octanol–water partition coefficient (Wildman–Crippen LogP) is 3.42. The average Bonchev–Trinajstić information content (AvgIpc) is 2.93. The number of rotatable bonds is 4. The molecule has 27 heavy (non-hydrogen) atoms. The zero-order valence-corrected chi connectivity index (χ0v) is 16.8. The van der Waals surface area contributed by atoms with Gasteiger partial charge in [0.05, 0.1) is 10.4 Å². The van der Waals surface area contributed by atoms with E-state index in [1.807, 2.05) is 13.8 Å². The summed E-state index contributed by atoms with van der Waals surface area (Å²) in [7, 11) is -3.81. The zero-order valence-electron chi connectivity index (χ0n) is 14.4. The van der Waals surface area contributed by atoms with Crippen molar-refractivity contribution in [3.63, 3.8) is 0 Å². The number of benzene rings is 1. The number of pyridine rings is 1. The number of primary sulfonamides is 1. The first-order valence-corrected chi connectivity index (χ1v) is 10.6. The lowest BCUT2D eigenvalue weighted by molar-refractivity contribution is 0.205. The molecule has 0 atom stereocenters. The van der Waals surface area contributed by atoms with Crippen LogP contribution in [0.5, 0.6) is 5.75 Å². The Kier molecular flexibility index (Phi) is 5.29. The number of amides is 1. The summed E-state index contributed by atoms with van der Waals surface area (Å²) in [5, 5.41) is 5.06. The Hall–Kier alpha value is -2.34. The van der Waals surface area contributed by atoms with Gasteiger partial charge >= 0.3 is 6.09 Å². The molecule has 0 spiro atoms. The fraction of sp³-hybridized carbons (Fsp3) is 0.188. The lowest BCUT2D eigenvalue weighted by Crippen LogP contribution is -2.39. The van der Waals surface area contributed by atoms with Crippen LogP contribution in [0.2, 0.25) is 0 Å². The van der Waals surface area contributed by atoms with E-state index in [9.17, 15) is 13.2 Å². The first-order chi connectivity index (χ1) is 12.6. The summed E-state index contributed by atoms with van der Waals surface area (Å²) in [6, 6.07) is 8.55. The van der Waals surface area contributed by atoms with Gasteiger partial charge in [-0.3, -0.25) is 4.90 Å². The van der Waals surface area contributed by atoms with Gasteiger partial charge in [-0.25, -0.2) is 23.3 Å². The standard InChI is InChI=1S/C16H16N4O4S3/c1-9(2)20(13-8-7-12-14(19-13)26-15(25)18-12)16(21)24-10-3-5-11(6-4-10)27(17,22)23/h3-9H,1-2H3,(H,18,25)(H2,17,22,23). The Morgan fingerprint density at radius 2 is 1.93 bits per heavy atom. The minimum Gasteiger partial charge on any atom is -0.410 e. The molecule has 0 aliphatic heterocycles. The molecule has 2 aromatic heterocycles. The van der Waals surface area contributed by atoms with E-state index < -0.39 is 16.1 Å². The molecular weight excluding hydrogens is 408 g/mol. The van der Waals surface area contributed by atoms with Crippen LogP contribution < -0.4 is 14.8 Å². The number of H-pyrrole nitrogens is 1. The van der Waals surface area contributed by atoms with Gasteiger partial charge in [0.15, 0.2) is 3.95 Å². The van der Waals surface area contributed by atoms with E-state index in [0.717, 1.165) is 5.52 Å². The second-order valence-corrected chi connectivity index (χ2v) is 9.11. The van der Waals surface area contributed by atoms with Gasteiger partial charge in [0, 0.05) is 6.04 Å². The monoisotopic (exact) mass is 424 g/mol. The number of aromatic amines is 1. The summed E-state index contributed by atoms with van der Waals surface area (Å²) >= 11 is 6.43. The molecular formula is C16H16N4O4S3. The summed E-state index contributed by atoms with van der Waals surface area (Å²) in [5.41, 5.74) is 0.796. The van der Waals surface area contributed by atoms with Crippen LogP contribution >= 0.6 is 23.6 Å². The van der Waals surface area contributed by atoms with Crippen LogP contribution in [-0.4, -0.2) is 30.5 Å². The maximum atomic E-state index is 12.7. The number of carbonyl (C=O) groups excluding carboxylic acids is 1. The first-order valence-electron chi connectivity index (χ1n) is 7.79. The number of fused-ring (bicyclic) bond motifs is 1. The number of hydrogen-bond acceptors (Lipinski definition) is 7. The lowest BCUT2D eigenvalue weighted by Gasteiger charge is -2.24. The van der Waals surface area contributed by atoms with Gasteiger partial charge in [-0.1, -0.05) is 11.3 Å². The van der Waals surface area contributed by atoms with Crippen molar-refractivity contribution in [2.24, 2.45) is 5.14 Å². The third-order valence-electron chi connectivity index (χ3n) is 3.59. The SMILES string of the molecule is CC(C)N(C(=O)Oc1ccc(S(N)(=O)=O)cc1)c1ccc2[nH]c(=S)sc2n1. The van der Waals surface area contributed by atoms with Crippen molar-refractivity contribution < 1.29 is 17.9 Å². The van der Waals surface area contributed by atoms with Crippen LogP contribution in [0.15, 0.2) is 41.3 Å². The summed E-state index contributed by atoms with van der Waals surface area (Å²) in [4.78, 5) is 22.2. The van der Waals surface area contributed by atoms with Gasteiger partial charge < -0.3 is 9.72 Å². The second kappa shape index (κ2) is 7.35. The van der Waals surface area contributed by atoms with Crippen LogP contribution in [0.4, 0.5) is 10.6 Å². The summed E-state index contributed by atoms with van der Waals surface area (Å²) < 4.78 is 28.6. The molecule has 1 aromatic carbocycles. The predicted molar refractivity (Wildman–Crippen MR) is 106 cm³/mol. The number of thiazole rings is 1. The van der Waals surface area contributed by atoms with Crippen LogP contribution in [0, 0.1) is 3.95 Å². The highest BCUT2D eigenvalue weighted by Gasteiger charge is 2.23. The van der Waals surface area contributed by atoms with Crippen molar-refractivity contribution >= 4 is 55.8 Å². The Bertz CT molecular complexity index is 1150. The maximum absolute atomic E-state index is 12.7. The number of hydrogen-bond donors (Lipinski definition) is 2. The highest BCUT2D eigenvalue weighted by atomic mass is 32.2. The Labute approximate surface area is 164 Å². The summed E-state index contributed by atoms with van der Waals surface area (Å²) in [6.07, 6.45) is -0.640. The first kappa shape index (κ1) is 19.4. The number of nitrogens with one attached hydrogen (secondary N) is 1. The minimum atomic E-state index is -3.81. The lowest BCUT2D eigenvalue weighted by atomic mass is 10.3. The molecule has 1 amide bonds. The number of sulfonamides is 1. The van der Waals surface area contributed by atoms with E-state index in [0.29, 0.717) is 14.6 Å². The molecule has 11 heteroatoms. The Morgan fingerprint density at radius 1 is 1.26 bits per heavy atom. The minimum absolute atomic E-state index is 0.0659. The molecule has 3 aromatic rings. The van der Waals surface area contributed by atoms with Crippen molar-refractivity contribution in [2.75, 3.05) is 4.90 Å². The van der Waals surface area contributed by atoms with Crippen LogP contribution in [0.1, 0.15) is 13.8 Å². The van der Waals surface area contributed by atoms with Crippen molar-refractivity contribution in [3.8, 4) is 5.75 Å². The van der Waals surface area contributed by atoms with E-state index >= 15 is 0 Å². The van der Waals surface area contributed by atoms with Crippen molar-refractivity contribution in [3.05, 3.63) is 40.4 Å².